The van der Waals surface area contributed by atoms with Crippen LogP contribution in [0.3, 0.4) is 0 Å². The summed E-state index contributed by atoms with van der Waals surface area (Å²) in [5.41, 5.74) is 0. The largest absolute Gasteiger partial charge is 2.00 e. The van der Waals surface area contributed by atoms with Crippen molar-refractivity contribution < 1.29 is 17.1 Å². The summed E-state index contributed by atoms with van der Waals surface area (Å²) in [7, 11) is 0. The smallest absolute Gasteiger partial charge is 0.343 e. The Bertz CT molecular complexity index is 30.8. The molecule has 1 radical (unpaired) electrons. The van der Waals surface area contributed by atoms with Crippen LogP contribution in [0.5, 0.6) is 0 Å². The molecule has 0 bridgehead atoms. The monoisotopic (exact) mass is 241 g/mol. The zero-order valence-electron chi connectivity index (χ0n) is 8.37. The summed E-state index contributed by atoms with van der Waals surface area (Å²) < 4.78 is 0. The Balaban J connectivity index is -0.0000000457. The van der Waals surface area contributed by atoms with E-state index >= 15 is 0 Å². The van der Waals surface area contributed by atoms with Gasteiger partial charge in [-0.15, -0.1) is 12.4 Å². The van der Waals surface area contributed by atoms with Gasteiger partial charge in [0.25, 0.3) is 0 Å². The SMILES string of the molecule is Cl.[CH2-]CCCC.[CH2-]CCCC.[Cu+2]. The molecule has 81 valence electrons. The molecule has 0 fully saturated rings. The van der Waals surface area contributed by atoms with E-state index in [4.69, 9.17) is 0 Å². The minimum atomic E-state index is 0. The van der Waals surface area contributed by atoms with Gasteiger partial charge in [0.1, 0.15) is 0 Å². The Hall–Kier alpha value is 0.809. The van der Waals surface area contributed by atoms with Crippen LogP contribution in [0.15, 0.2) is 0 Å². The molecule has 0 aliphatic heterocycles. The molecule has 0 heterocycles. The molecule has 0 saturated carbocycles. The molecule has 0 amide bonds. The first-order valence-corrected chi connectivity index (χ1v) is 4.41. The van der Waals surface area contributed by atoms with Crippen molar-refractivity contribution in [2.24, 2.45) is 0 Å². The molecule has 0 nitrogen and oxygen atoms in total. The van der Waals surface area contributed by atoms with E-state index in [1.165, 1.54) is 25.7 Å². The fraction of sp³-hybridized carbons (Fsp3) is 0.800. The van der Waals surface area contributed by atoms with Crippen LogP contribution in [0.25, 0.3) is 0 Å². The first-order chi connectivity index (χ1) is 4.83. The number of hydrogen-bond acceptors (Lipinski definition) is 0. The van der Waals surface area contributed by atoms with Gasteiger partial charge in [-0.2, -0.15) is 12.8 Å². The Kier molecular flexibility index (Phi) is 57.1. The van der Waals surface area contributed by atoms with Gasteiger partial charge in [0.05, 0.1) is 0 Å². The second-order valence-corrected chi connectivity index (χ2v) is 2.41. The van der Waals surface area contributed by atoms with Crippen molar-refractivity contribution in [1.82, 2.24) is 0 Å². The van der Waals surface area contributed by atoms with Crippen LogP contribution in [0, 0.1) is 13.8 Å². The van der Waals surface area contributed by atoms with Crippen LogP contribution in [0.4, 0.5) is 0 Å². The number of unbranched alkanes of at least 4 members (excludes halogenated alkanes) is 4. The molecule has 2 heteroatoms. The molecule has 12 heavy (non-hydrogen) atoms. The molecule has 0 spiro atoms. The molecule has 0 aliphatic rings. The molecule has 0 aromatic rings. The van der Waals surface area contributed by atoms with Crippen molar-refractivity contribution in [2.45, 2.75) is 52.4 Å². The summed E-state index contributed by atoms with van der Waals surface area (Å²) in [4.78, 5) is 0. The van der Waals surface area contributed by atoms with Gasteiger partial charge in [0.15, 0.2) is 0 Å². The number of rotatable bonds is 4. The minimum Gasteiger partial charge on any atom is -0.343 e. The summed E-state index contributed by atoms with van der Waals surface area (Å²) in [6.45, 7) is 11.7. The third kappa shape index (κ3) is 45.0. The fourth-order valence-corrected chi connectivity index (χ4v) is 0.500. The van der Waals surface area contributed by atoms with E-state index in [1.54, 1.807) is 0 Å². The minimum absolute atomic E-state index is 0. The first-order valence-electron chi connectivity index (χ1n) is 4.41. The van der Waals surface area contributed by atoms with Gasteiger partial charge >= 0.3 is 17.1 Å². The van der Waals surface area contributed by atoms with E-state index < -0.39 is 0 Å². The summed E-state index contributed by atoms with van der Waals surface area (Å²) in [6.07, 6.45) is 7.31. The van der Waals surface area contributed by atoms with E-state index in [0.29, 0.717) is 0 Å². The van der Waals surface area contributed by atoms with E-state index in [1.807, 2.05) is 0 Å². The number of hydrogen-bond donors (Lipinski definition) is 0. The van der Waals surface area contributed by atoms with Crippen molar-refractivity contribution in [3.8, 4) is 0 Å². The fourth-order valence-electron chi connectivity index (χ4n) is 0.500. The Morgan fingerprint density at radius 2 is 1.08 bits per heavy atom. The average Bonchev–Trinajstić information content (AvgIpc) is 1.93. The van der Waals surface area contributed by atoms with Crippen molar-refractivity contribution in [2.75, 3.05) is 0 Å². The molecular weight excluding hydrogens is 219 g/mol. The first kappa shape index (κ1) is 23.0. The maximum absolute atomic E-state index is 3.68. The summed E-state index contributed by atoms with van der Waals surface area (Å²) in [5, 5.41) is 0. The molecule has 0 saturated heterocycles. The number of halogens is 1. The molecule has 0 atom stereocenters. The third-order valence-corrected chi connectivity index (χ3v) is 1.21. The van der Waals surface area contributed by atoms with E-state index in [-0.39, 0.29) is 29.5 Å². The normalized spacial score (nSPS) is 7.00. The predicted molar refractivity (Wildman–Crippen MR) is 57.0 cm³/mol. The zero-order valence-corrected chi connectivity index (χ0v) is 10.1. The van der Waals surface area contributed by atoms with E-state index in [0.717, 1.165) is 12.8 Å². The third-order valence-electron chi connectivity index (χ3n) is 1.21. The second-order valence-electron chi connectivity index (χ2n) is 2.41. The molecule has 0 aliphatic carbocycles. The Morgan fingerprint density at radius 3 is 1.08 bits per heavy atom. The van der Waals surface area contributed by atoms with Gasteiger partial charge in [-0.05, 0) is 0 Å². The van der Waals surface area contributed by atoms with Gasteiger partial charge in [-0.1, -0.05) is 39.5 Å². The van der Waals surface area contributed by atoms with Gasteiger partial charge in [-0.3, -0.25) is 0 Å². The summed E-state index contributed by atoms with van der Waals surface area (Å²) in [6, 6.07) is 0. The molecule has 0 unspecified atom stereocenters. The summed E-state index contributed by atoms with van der Waals surface area (Å²) in [5.74, 6) is 0. The maximum Gasteiger partial charge on any atom is 2.00 e. The molecule has 0 N–H and O–H groups in total. The topological polar surface area (TPSA) is 0 Å². The van der Waals surface area contributed by atoms with Crippen LogP contribution >= 0.6 is 12.4 Å². The van der Waals surface area contributed by atoms with Crippen LogP contribution in [0.2, 0.25) is 0 Å². The van der Waals surface area contributed by atoms with Crippen LogP contribution in [-0.2, 0) is 17.1 Å². The van der Waals surface area contributed by atoms with Gasteiger partial charge in [0.2, 0.25) is 0 Å². The summed E-state index contributed by atoms with van der Waals surface area (Å²) >= 11 is 0. The molecule has 0 rings (SSSR count). The van der Waals surface area contributed by atoms with Crippen molar-refractivity contribution in [3.63, 3.8) is 0 Å². The Morgan fingerprint density at radius 1 is 0.833 bits per heavy atom. The van der Waals surface area contributed by atoms with E-state index in [2.05, 4.69) is 27.7 Å². The van der Waals surface area contributed by atoms with Crippen LogP contribution in [-0.4, -0.2) is 0 Å². The van der Waals surface area contributed by atoms with Gasteiger partial charge in [-0.25, -0.2) is 0 Å². The molecular formula is C10H23ClCu. The predicted octanol–water partition coefficient (Wildman–Crippen LogP) is 4.44. The average molecular weight is 242 g/mol. The van der Waals surface area contributed by atoms with Gasteiger partial charge < -0.3 is 13.8 Å². The van der Waals surface area contributed by atoms with Crippen molar-refractivity contribution in [3.05, 3.63) is 13.8 Å². The molecule has 0 aromatic heterocycles. The molecule has 0 aromatic carbocycles. The van der Waals surface area contributed by atoms with Gasteiger partial charge in [0, 0.05) is 0 Å². The van der Waals surface area contributed by atoms with Crippen molar-refractivity contribution in [1.29, 1.82) is 0 Å². The van der Waals surface area contributed by atoms with Crippen LogP contribution in [0.1, 0.15) is 52.4 Å². The van der Waals surface area contributed by atoms with Crippen LogP contribution < -0.4 is 0 Å². The zero-order chi connectivity index (χ0) is 8.24. The maximum atomic E-state index is 3.68. The quantitative estimate of drug-likeness (QED) is 0.505. The van der Waals surface area contributed by atoms with E-state index in [9.17, 15) is 0 Å². The standard InChI is InChI=1S/2C5H11.ClH.Cu/c2*1-3-5-4-2;;/h2*1,3-5H2,2H3;1H;/q2*-1;;+2. The second kappa shape index (κ2) is 29.8. The van der Waals surface area contributed by atoms with Crippen molar-refractivity contribution >= 4 is 12.4 Å². The Labute approximate surface area is 95.8 Å².